The SMILES string of the molecule is CCSC1CCCC1NC(=O)NC(CC(C)C)C(=O)O. The van der Waals surface area contributed by atoms with Gasteiger partial charge in [-0.3, -0.25) is 0 Å². The monoisotopic (exact) mass is 302 g/mol. The number of hydrogen-bond acceptors (Lipinski definition) is 3. The maximum absolute atomic E-state index is 12.0. The number of hydrogen-bond donors (Lipinski definition) is 3. The van der Waals surface area contributed by atoms with Crippen molar-refractivity contribution in [2.45, 2.75) is 63.8 Å². The summed E-state index contributed by atoms with van der Waals surface area (Å²) in [7, 11) is 0. The summed E-state index contributed by atoms with van der Waals surface area (Å²) in [6, 6.07) is -1.01. The molecule has 1 aliphatic carbocycles. The van der Waals surface area contributed by atoms with E-state index >= 15 is 0 Å². The number of urea groups is 1. The van der Waals surface area contributed by atoms with E-state index in [1.54, 1.807) is 0 Å². The molecule has 0 bridgehead atoms. The number of rotatable bonds is 7. The molecule has 116 valence electrons. The van der Waals surface area contributed by atoms with Gasteiger partial charge < -0.3 is 15.7 Å². The van der Waals surface area contributed by atoms with Crippen molar-refractivity contribution >= 4 is 23.8 Å². The first-order valence-corrected chi connectivity index (χ1v) is 8.40. The molecular weight excluding hydrogens is 276 g/mol. The van der Waals surface area contributed by atoms with E-state index in [0.717, 1.165) is 25.0 Å². The molecule has 1 aliphatic rings. The van der Waals surface area contributed by atoms with Crippen LogP contribution in [0.25, 0.3) is 0 Å². The van der Waals surface area contributed by atoms with Crippen LogP contribution in [0.4, 0.5) is 4.79 Å². The fourth-order valence-corrected chi connectivity index (χ4v) is 3.76. The van der Waals surface area contributed by atoms with Crippen molar-refractivity contribution in [1.29, 1.82) is 0 Å². The highest BCUT2D eigenvalue weighted by molar-refractivity contribution is 7.99. The number of thioether (sulfide) groups is 1. The predicted octanol–water partition coefficient (Wildman–Crippen LogP) is 2.46. The van der Waals surface area contributed by atoms with Crippen LogP contribution in [0, 0.1) is 5.92 Å². The molecular formula is C14H26N2O3S. The minimum Gasteiger partial charge on any atom is -0.480 e. The van der Waals surface area contributed by atoms with Gasteiger partial charge in [-0.15, -0.1) is 0 Å². The van der Waals surface area contributed by atoms with Gasteiger partial charge in [0.1, 0.15) is 6.04 Å². The summed E-state index contributed by atoms with van der Waals surface area (Å²) in [5.74, 6) is 0.293. The Kier molecular flexibility index (Phi) is 7.19. The zero-order chi connectivity index (χ0) is 15.1. The smallest absolute Gasteiger partial charge is 0.326 e. The molecule has 0 aromatic rings. The van der Waals surface area contributed by atoms with Gasteiger partial charge in [0.2, 0.25) is 0 Å². The van der Waals surface area contributed by atoms with Crippen LogP contribution in [0.15, 0.2) is 0 Å². The van der Waals surface area contributed by atoms with Gasteiger partial charge in [-0.2, -0.15) is 11.8 Å². The van der Waals surface area contributed by atoms with Crippen molar-refractivity contribution < 1.29 is 14.7 Å². The second-order valence-electron chi connectivity index (χ2n) is 5.67. The van der Waals surface area contributed by atoms with Crippen LogP contribution in [0.2, 0.25) is 0 Å². The largest absolute Gasteiger partial charge is 0.480 e. The standard InChI is InChI=1S/C14H26N2O3S/c1-4-20-12-7-5-6-10(12)15-14(19)16-11(13(17)18)8-9(2)3/h9-12H,4-8H2,1-3H3,(H,17,18)(H2,15,16,19). The Labute approximate surface area is 125 Å². The van der Waals surface area contributed by atoms with Crippen molar-refractivity contribution in [1.82, 2.24) is 10.6 Å². The Balaban J connectivity index is 2.46. The van der Waals surface area contributed by atoms with Crippen LogP contribution in [0.5, 0.6) is 0 Å². The number of carboxylic acids is 1. The van der Waals surface area contributed by atoms with Crippen LogP contribution in [-0.4, -0.2) is 40.2 Å². The lowest BCUT2D eigenvalue weighted by atomic mass is 10.0. The molecule has 1 rings (SSSR count). The van der Waals surface area contributed by atoms with Gasteiger partial charge >= 0.3 is 12.0 Å². The summed E-state index contributed by atoms with van der Waals surface area (Å²) in [6.45, 7) is 6.00. The van der Waals surface area contributed by atoms with Crippen LogP contribution in [0.1, 0.15) is 46.5 Å². The Bertz CT molecular complexity index is 336. The fraction of sp³-hybridized carbons (Fsp3) is 0.857. The third-order valence-corrected chi connectivity index (χ3v) is 4.79. The second kappa shape index (κ2) is 8.39. The summed E-state index contributed by atoms with van der Waals surface area (Å²) in [5.41, 5.74) is 0. The third kappa shape index (κ3) is 5.61. The van der Waals surface area contributed by atoms with Gasteiger partial charge in [0.25, 0.3) is 0 Å². The first kappa shape index (κ1) is 17.1. The number of amides is 2. The number of aliphatic carboxylic acids is 1. The van der Waals surface area contributed by atoms with Crippen LogP contribution >= 0.6 is 11.8 Å². The first-order valence-electron chi connectivity index (χ1n) is 7.35. The summed E-state index contributed by atoms with van der Waals surface area (Å²) >= 11 is 1.87. The van der Waals surface area contributed by atoms with Crippen LogP contribution in [-0.2, 0) is 4.79 Å². The molecule has 0 saturated heterocycles. The molecule has 3 atom stereocenters. The van der Waals surface area contributed by atoms with Crippen molar-refractivity contribution in [3.63, 3.8) is 0 Å². The van der Waals surface area contributed by atoms with E-state index in [-0.39, 0.29) is 18.0 Å². The van der Waals surface area contributed by atoms with Gasteiger partial charge in [-0.1, -0.05) is 27.2 Å². The molecule has 20 heavy (non-hydrogen) atoms. The number of carbonyl (C=O) groups excluding carboxylic acids is 1. The Morgan fingerprint density at radius 3 is 2.60 bits per heavy atom. The molecule has 3 unspecified atom stereocenters. The second-order valence-corrected chi connectivity index (χ2v) is 7.19. The molecule has 1 fully saturated rings. The molecule has 0 aromatic carbocycles. The molecule has 2 amide bonds. The Hall–Kier alpha value is -0.910. The summed E-state index contributed by atoms with van der Waals surface area (Å²) in [5, 5.41) is 15.1. The fourth-order valence-electron chi connectivity index (χ4n) is 2.57. The number of nitrogens with one attached hydrogen (secondary N) is 2. The quantitative estimate of drug-likeness (QED) is 0.675. The lowest BCUT2D eigenvalue weighted by Crippen LogP contribution is -2.50. The van der Waals surface area contributed by atoms with Gasteiger partial charge in [0.05, 0.1) is 0 Å². The highest BCUT2D eigenvalue weighted by Gasteiger charge is 2.29. The van der Waals surface area contributed by atoms with E-state index < -0.39 is 12.0 Å². The van der Waals surface area contributed by atoms with Crippen LogP contribution < -0.4 is 10.6 Å². The van der Waals surface area contributed by atoms with Gasteiger partial charge in [0, 0.05) is 11.3 Å². The average Bonchev–Trinajstić information content (AvgIpc) is 2.75. The van der Waals surface area contributed by atoms with E-state index in [4.69, 9.17) is 5.11 Å². The third-order valence-electron chi connectivity index (χ3n) is 3.46. The molecule has 0 heterocycles. The Morgan fingerprint density at radius 1 is 1.35 bits per heavy atom. The Morgan fingerprint density at radius 2 is 2.05 bits per heavy atom. The van der Waals surface area contributed by atoms with E-state index in [9.17, 15) is 9.59 Å². The van der Waals surface area contributed by atoms with Crippen molar-refractivity contribution in [2.75, 3.05) is 5.75 Å². The maximum atomic E-state index is 12.0. The van der Waals surface area contributed by atoms with Gasteiger partial charge in [-0.25, -0.2) is 9.59 Å². The minimum atomic E-state index is -0.972. The number of carboxylic acid groups (broad SMARTS) is 1. The maximum Gasteiger partial charge on any atom is 0.326 e. The summed E-state index contributed by atoms with van der Waals surface area (Å²) < 4.78 is 0. The molecule has 0 spiro atoms. The molecule has 1 saturated carbocycles. The predicted molar refractivity (Wildman–Crippen MR) is 82.1 cm³/mol. The zero-order valence-electron chi connectivity index (χ0n) is 12.5. The average molecular weight is 302 g/mol. The van der Waals surface area contributed by atoms with Crippen molar-refractivity contribution in [3.8, 4) is 0 Å². The van der Waals surface area contributed by atoms with Crippen molar-refractivity contribution in [2.24, 2.45) is 5.92 Å². The summed E-state index contributed by atoms with van der Waals surface area (Å²) in [6.07, 6.45) is 3.67. The molecule has 0 aliphatic heterocycles. The van der Waals surface area contributed by atoms with E-state index in [0.29, 0.717) is 11.7 Å². The van der Waals surface area contributed by atoms with E-state index in [2.05, 4.69) is 17.6 Å². The van der Waals surface area contributed by atoms with E-state index in [1.807, 2.05) is 25.6 Å². The molecule has 6 heteroatoms. The highest BCUT2D eigenvalue weighted by Crippen LogP contribution is 2.29. The lowest BCUT2D eigenvalue weighted by Gasteiger charge is -2.22. The zero-order valence-corrected chi connectivity index (χ0v) is 13.3. The minimum absolute atomic E-state index is 0.161. The van der Waals surface area contributed by atoms with Crippen LogP contribution in [0.3, 0.4) is 0 Å². The molecule has 0 aromatic heterocycles. The van der Waals surface area contributed by atoms with E-state index in [1.165, 1.54) is 0 Å². The van der Waals surface area contributed by atoms with Crippen molar-refractivity contribution in [3.05, 3.63) is 0 Å². The highest BCUT2D eigenvalue weighted by atomic mass is 32.2. The molecule has 5 nitrogen and oxygen atoms in total. The molecule has 0 radical (unpaired) electrons. The molecule has 3 N–H and O–H groups in total. The number of carbonyl (C=O) groups is 2. The van der Waals surface area contributed by atoms with Gasteiger partial charge in [0.15, 0.2) is 0 Å². The lowest BCUT2D eigenvalue weighted by molar-refractivity contribution is -0.139. The van der Waals surface area contributed by atoms with Gasteiger partial charge in [-0.05, 0) is 30.9 Å². The first-order chi connectivity index (χ1) is 9.43. The topological polar surface area (TPSA) is 78.4 Å². The summed E-state index contributed by atoms with van der Waals surface area (Å²) in [4.78, 5) is 23.1. The normalized spacial score (nSPS) is 23.6.